The summed E-state index contributed by atoms with van der Waals surface area (Å²) in [7, 11) is 0. The molecule has 1 unspecified atom stereocenters. The first-order valence-electron chi connectivity index (χ1n) is 11.2. The molecule has 0 bridgehead atoms. The second-order valence-electron chi connectivity index (χ2n) is 8.34. The highest BCUT2D eigenvalue weighted by molar-refractivity contribution is 5.97. The van der Waals surface area contributed by atoms with E-state index in [0.29, 0.717) is 19.5 Å². The molecule has 0 radical (unpaired) electrons. The Morgan fingerprint density at radius 2 is 1.29 bits per heavy atom. The second kappa shape index (κ2) is 10.8. The van der Waals surface area contributed by atoms with Crippen molar-refractivity contribution in [2.75, 3.05) is 0 Å². The van der Waals surface area contributed by atoms with Gasteiger partial charge in [0.05, 0.1) is 0 Å². The van der Waals surface area contributed by atoms with Gasteiger partial charge >= 0.3 is 5.97 Å². The van der Waals surface area contributed by atoms with Gasteiger partial charge in [0.1, 0.15) is 18.1 Å². The number of amides is 2. The molecule has 1 aliphatic heterocycles. The van der Waals surface area contributed by atoms with Gasteiger partial charge in [0.25, 0.3) is 0 Å². The van der Waals surface area contributed by atoms with Crippen LogP contribution < -0.4 is 10.6 Å². The SMILES string of the molecule is O=C(NCc1ccccc1)[C@H](Cc1ccccc1)NC(=O)[C@@H]1[C@@H](C(=O)O)N1Cc1ccccc1. The lowest BCUT2D eigenvalue weighted by atomic mass is 10.0. The van der Waals surface area contributed by atoms with E-state index in [1.807, 2.05) is 91.0 Å². The molecule has 0 saturated carbocycles. The summed E-state index contributed by atoms with van der Waals surface area (Å²) >= 11 is 0. The molecule has 1 aliphatic rings. The van der Waals surface area contributed by atoms with Crippen LogP contribution in [-0.2, 0) is 33.9 Å². The fourth-order valence-electron chi connectivity index (χ4n) is 4.06. The van der Waals surface area contributed by atoms with E-state index in [-0.39, 0.29) is 5.91 Å². The van der Waals surface area contributed by atoms with E-state index < -0.39 is 30.0 Å². The Balaban J connectivity index is 1.45. The number of rotatable bonds is 10. The average molecular weight is 458 g/mol. The minimum atomic E-state index is -1.05. The molecule has 3 N–H and O–H groups in total. The van der Waals surface area contributed by atoms with E-state index in [9.17, 15) is 19.5 Å². The highest BCUT2D eigenvalue weighted by Gasteiger charge is 2.57. The normalized spacial score (nSPS) is 19.6. The number of benzene rings is 3. The molecule has 3 aromatic carbocycles. The number of carboxylic acid groups (broad SMARTS) is 1. The van der Waals surface area contributed by atoms with Crippen molar-refractivity contribution in [1.29, 1.82) is 0 Å². The third-order valence-corrected chi connectivity index (χ3v) is 5.88. The van der Waals surface area contributed by atoms with Crippen molar-refractivity contribution < 1.29 is 19.5 Å². The number of hydrogen-bond donors (Lipinski definition) is 3. The van der Waals surface area contributed by atoms with Crippen LogP contribution in [0.1, 0.15) is 16.7 Å². The van der Waals surface area contributed by atoms with Crippen LogP contribution in [0.3, 0.4) is 0 Å². The molecule has 0 spiro atoms. The average Bonchev–Trinajstić information content (AvgIpc) is 3.58. The van der Waals surface area contributed by atoms with Crippen LogP contribution in [0, 0.1) is 0 Å². The van der Waals surface area contributed by atoms with Gasteiger partial charge in [-0.15, -0.1) is 0 Å². The number of nitrogens with zero attached hydrogens (tertiary/aromatic N) is 1. The van der Waals surface area contributed by atoms with E-state index in [2.05, 4.69) is 10.6 Å². The number of carbonyl (C=O) groups excluding carboxylic acids is 2. The maximum atomic E-state index is 13.1. The van der Waals surface area contributed by atoms with Gasteiger partial charge < -0.3 is 15.7 Å². The van der Waals surface area contributed by atoms with Crippen LogP contribution in [0.4, 0.5) is 0 Å². The fraction of sp³-hybridized carbons (Fsp3) is 0.222. The molecule has 4 rings (SSSR count). The molecule has 2 amide bonds. The zero-order valence-electron chi connectivity index (χ0n) is 18.6. The number of carboxylic acids is 1. The van der Waals surface area contributed by atoms with Gasteiger partial charge in [-0.05, 0) is 16.7 Å². The maximum Gasteiger partial charge on any atom is 0.323 e. The highest BCUT2D eigenvalue weighted by Crippen LogP contribution is 2.31. The van der Waals surface area contributed by atoms with Crippen molar-refractivity contribution in [2.45, 2.75) is 37.6 Å². The van der Waals surface area contributed by atoms with Crippen LogP contribution in [0.2, 0.25) is 0 Å². The Bertz CT molecular complexity index is 1120. The van der Waals surface area contributed by atoms with Crippen molar-refractivity contribution in [3.05, 3.63) is 108 Å². The molecule has 4 atom stereocenters. The molecule has 0 aliphatic carbocycles. The van der Waals surface area contributed by atoms with Gasteiger partial charge in [0.15, 0.2) is 0 Å². The molecule has 0 aromatic heterocycles. The van der Waals surface area contributed by atoms with Crippen LogP contribution in [-0.4, -0.2) is 45.9 Å². The summed E-state index contributed by atoms with van der Waals surface area (Å²) in [5.74, 6) is -1.83. The van der Waals surface area contributed by atoms with Gasteiger partial charge in [-0.25, -0.2) is 0 Å². The largest absolute Gasteiger partial charge is 0.480 e. The molecule has 174 valence electrons. The van der Waals surface area contributed by atoms with Gasteiger partial charge in [-0.1, -0.05) is 91.0 Å². The first-order chi connectivity index (χ1) is 16.5. The summed E-state index contributed by atoms with van der Waals surface area (Å²) in [5, 5.41) is 15.3. The second-order valence-corrected chi connectivity index (χ2v) is 8.34. The third-order valence-electron chi connectivity index (χ3n) is 5.88. The predicted octanol–water partition coefficient (Wildman–Crippen LogP) is 2.37. The minimum absolute atomic E-state index is 0.302. The summed E-state index contributed by atoms with van der Waals surface area (Å²) in [5.41, 5.74) is 2.77. The van der Waals surface area contributed by atoms with Crippen molar-refractivity contribution in [2.24, 2.45) is 0 Å². The van der Waals surface area contributed by atoms with Crippen LogP contribution in [0.15, 0.2) is 91.0 Å². The monoisotopic (exact) mass is 457 g/mol. The highest BCUT2D eigenvalue weighted by atomic mass is 16.4. The molecule has 7 heteroatoms. The van der Waals surface area contributed by atoms with Crippen molar-refractivity contribution in [3.8, 4) is 0 Å². The smallest absolute Gasteiger partial charge is 0.323 e. The number of carbonyl (C=O) groups is 3. The third kappa shape index (κ3) is 5.88. The molecule has 1 saturated heterocycles. The zero-order valence-corrected chi connectivity index (χ0v) is 18.6. The van der Waals surface area contributed by atoms with Crippen molar-refractivity contribution in [1.82, 2.24) is 15.5 Å². The number of aliphatic carboxylic acids is 1. The lowest BCUT2D eigenvalue weighted by Crippen LogP contribution is -2.49. The Kier molecular flexibility index (Phi) is 7.34. The predicted molar refractivity (Wildman–Crippen MR) is 128 cm³/mol. The first-order valence-corrected chi connectivity index (χ1v) is 11.2. The summed E-state index contributed by atoms with van der Waals surface area (Å²) in [6.45, 7) is 0.682. The van der Waals surface area contributed by atoms with Gasteiger partial charge in [0.2, 0.25) is 11.8 Å². The number of hydrogen-bond acceptors (Lipinski definition) is 4. The van der Waals surface area contributed by atoms with E-state index >= 15 is 0 Å². The molecule has 3 aromatic rings. The first kappa shape index (κ1) is 23.2. The molecule has 1 fully saturated rings. The van der Waals surface area contributed by atoms with Crippen LogP contribution in [0.25, 0.3) is 0 Å². The summed E-state index contributed by atoms with van der Waals surface area (Å²) in [6, 6.07) is 25.8. The van der Waals surface area contributed by atoms with Crippen molar-refractivity contribution >= 4 is 17.8 Å². The van der Waals surface area contributed by atoms with Gasteiger partial charge in [-0.2, -0.15) is 0 Å². The van der Waals surface area contributed by atoms with E-state index in [1.165, 1.54) is 0 Å². The summed E-state index contributed by atoms with van der Waals surface area (Å²) in [4.78, 5) is 39.5. The fourth-order valence-corrected chi connectivity index (χ4v) is 4.06. The molecular weight excluding hydrogens is 430 g/mol. The van der Waals surface area contributed by atoms with Crippen LogP contribution in [0.5, 0.6) is 0 Å². The van der Waals surface area contributed by atoms with E-state index in [4.69, 9.17) is 0 Å². The Hall–Kier alpha value is -3.97. The topological polar surface area (TPSA) is 98.5 Å². The zero-order chi connectivity index (χ0) is 23.9. The summed E-state index contributed by atoms with van der Waals surface area (Å²) < 4.78 is 0. The number of nitrogens with one attached hydrogen (secondary N) is 2. The quantitative estimate of drug-likeness (QED) is 0.406. The lowest BCUT2D eigenvalue weighted by molar-refractivity contribution is -0.138. The van der Waals surface area contributed by atoms with E-state index in [0.717, 1.165) is 16.7 Å². The molecule has 7 nitrogen and oxygen atoms in total. The standard InChI is InChI=1S/C27H27N3O4/c31-25(28-17-20-12-6-2-7-13-20)22(16-19-10-4-1-5-11-19)29-26(32)23-24(27(33)34)30(23)18-21-14-8-3-9-15-21/h1-15,22-24H,16-18H2,(H,28,31)(H,29,32)(H,33,34)/t22-,23-,24-,30?/m0/s1. The minimum Gasteiger partial charge on any atom is -0.480 e. The van der Waals surface area contributed by atoms with Gasteiger partial charge in [-0.3, -0.25) is 19.3 Å². The maximum absolute atomic E-state index is 13.1. The van der Waals surface area contributed by atoms with Gasteiger partial charge in [0, 0.05) is 19.5 Å². The molecule has 34 heavy (non-hydrogen) atoms. The molecule has 1 heterocycles. The van der Waals surface area contributed by atoms with E-state index in [1.54, 1.807) is 4.90 Å². The Morgan fingerprint density at radius 3 is 1.85 bits per heavy atom. The molecular formula is C27H27N3O4. The van der Waals surface area contributed by atoms with Crippen LogP contribution >= 0.6 is 0 Å². The Morgan fingerprint density at radius 1 is 0.765 bits per heavy atom. The van der Waals surface area contributed by atoms with Crippen molar-refractivity contribution in [3.63, 3.8) is 0 Å². The lowest BCUT2D eigenvalue weighted by Gasteiger charge is -2.19. The summed E-state index contributed by atoms with van der Waals surface area (Å²) in [6.07, 6.45) is 0.302. The Labute approximate surface area is 198 Å².